The van der Waals surface area contributed by atoms with Gasteiger partial charge in [-0.25, -0.2) is 0 Å². The highest BCUT2D eigenvalue weighted by molar-refractivity contribution is 9.10. The smallest absolute Gasteiger partial charge is 0.251 e. The number of ether oxygens (including phenoxy) is 1. The van der Waals surface area contributed by atoms with Crippen LogP contribution in [-0.2, 0) is 4.74 Å². The summed E-state index contributed by atoms with van der Waals surface area (Å²) in [4.78, 5) is 11.6. The lowest BCUT2D eigenvalue weighted by Crippen LogP contribution is -2.25. The molecule has 0 saturated heterocycles. The number of rotatable bonds is 5. The Morgan fingerprint density at radius 1 is 1.53 bits per heavy atom. The van der Waals surface area contributed by atoms with Crippen LogP contribution in [0.3, 0.4) is 0 Å². The van der Waals surface area contributed by atoms with E-state index in [-0.39, 0.29) is 5.91 Å². The number of hydrogen-bond acceptors (Lipinski definition) is 2. The molecule has 0 bridgehead atoms. The number of carbonyl (C=O) groups is 1. The van der Waals surface area contributed by atoms with Crippen LogP contribution in [0.5, 0.6) is 0 Å². The van der Waals surface area contributed by atoms with Gasteiger partial charge in [-0.1, -0.05) is 22.0 Å². The van der Waals surface area contributed by atoms with Crippen molar-refractivity contribution in [3.63, 3.8) is 0 Å². The quantitative estimate of drug-likeness (QED) is 0.835. The van der Waals surface area contributed by atoms with E-state index >= 15 is 0 Å². The van der Waals surface area contributed by atoms with Gasteiger partial charge in [0.25, 0.3) is 5.91 Å². The zero-order valence-electron chi connectivity index (χ0n) is 8.63. The van der Waals surface area contributed by atoms with E-state index in [1.54, 1.807) is 19.2 Å². The van der Waals surface area contributed by atoms with Crippen molar-refractivity contribution in [2.75, 3.05) is 20.3 Å². The van der Waals surface area contributed by atoms with Crippen LogP contribution in [0.2, 0.25) is 0 Å². The van der Waals surface area contributed by atoms with Gasteiger partial charge < -0.3 is 10.1 Å². The third-order valence-corrected chi connectivity index (χ3v) is 2.39. The van der Waals surface area contributed by atoms with E-state index in [0.717, 1.165) is 10.9 Å². The van der Waals surface area contributed by atoms with Crippen LogP contribution >= 0.6 is 15.9 Å². The van der Waals surface area contributed by atoms with E-state index < -0.39 is 0 Å². The van der Waals surface area contributed by atoms with Crippen LogP contribution < -0.4 is 5.32 Å². The van der Waals surface area contributed by atoms with E-state index in [4.69, 9.17) is 4.74 Å². The van der Waals surface area contributed by atoms with Gasteiger partial charge in [-0.3, -0.25) is 4.79 Å². The Hall–Kier alpha value is -0.870. The van der Waals surface area contributed by atoms with Crippen molar-refractivity contribution in [2.45, 2.75) is 6.42 Å². The van der Waals surface area contributed by atoms with Crippen molar-refractivity contribution >= 4 is 21.8 Å². The summed E-state index contributed by atoms with van der Waals surface area (Å²) in [5, 5.41) is 2.82. The van der Waals surface area contributed by atoms with Crippen LogP contribution in [0.4, 0.5) is 0 Å². The summed E-state index contributed by atoms with van der Waals surface area (Å²) in [6.07, 6.45) is 0.830. The molecule has 0 spiro atoms. The lowest BCUT2D eigenvalue weighted by molar-refractivity contribution is 0.0948. The van der Waals surface area contributed by atoms with E-state index in [0.29, 0.717) is 18.7 Å². The predicted octanol–water partition coefficient (Wildman–Crippen LogP) is 2.22. The van der Waals surface area contributed by atoms with Gasteiger partial charge in [0.15, 0.2) is 0 Å². The molecule has 1 N–H and O–H groups in total. The van der Waals surface area contributed by atoms with Crippen LogP contribution in [0.1, 0.15) is 16.8 Å². The SMILES string of the molecule is COCCCNC(=O)c1cccc(Br)c1. The average molecular weight is 272 g/mol. The van der Waals surface area contributed by atoms with E-state index in [1.165, 1.54) is 0 Å². The van der Waals surface area contributed by atoms with Crippen molar-refractivity contribution in [1.82, 2.24) is 5.32 Å². The van der Waals surface area contributed by atoms with E-state index in [9.17, 15) is 4.79 Å². The van der Waals surface area contributed by atoms with Crippen molar-refractivity contribution in [3.05, 3.63) is 34.3 Å². The zero-order valence-corrected chi connectivity index (χ0v) is 10.2. The first-order valence-electron chi connectivity index (χ1n) is 4.76. The topological polar surface area (TPSA) is 38.3 Å². The molecule has 0 unspecified atom stereocenters. The molecule has 0 saturated carbocycles. The summed E-state index contributed by atoms with van der Waals surface area (Å²) >= 11 is 3.32. The van der Waals surface area contributed by atoms with Gasteiger partial charge in [0.1, 0.15) is 0 Å². The number of halogens is 1. The molecule has 4 heteroatoms. The standard InChI is InChI=1S/C11H14BrNO2/c1-15-7-3-6-13-11(14)9-4-2-5-10(12)8-9/h2,4-5,8H,3,6-7H2,1H3,(H,13,14). The highest BCUT2D eigenvalue weighted by Crippen LogP contribution is 2.11. The number of methoxy groups -OCH3 is 1. The fraction of sp³-hybridized carbons (Fsp3) is 0.364. The molecular weight excluding hydrogens is 258 g/mol. The second-order valence-corrected chi connectivity index (χ2v) is 4.03. The molecule has 1 aromatic rings. The van der Waals surface area contributed by atoms with Crippen LogP contribution in [0.15, 0.2) is 28.7 Å². The summed E-state index contributed by atoms with van der Waals surface area (Å²) in [6.45, 7) is 1.30. The fourth-order valence-corrected chi connectivity index (χ4v) is 1.55. The summed E-state index contributed by atoms with van der Waals surface area (Å²) in [6, 6.07) is 7.32. The lowest BCUT2D eigenvalue weighted by Gasteiger charge is -2.04. The highest BCUT2D eigenvalue weighted by Gasteiger charge is 2.03. The largest absolute Gasteiger partial charge is 0.385 e. The Morgan fingerprint density at radius 2 is 2.33 bits per heavy atom. The summed E-state index contributed by atoms with van der Waals surface area (Å²) < 4.78 is 5.80. The van der Waals surface area contributed by atoms with Crippen molar-refractivity contribution in [1.29, 1.82) is 0 Å². The van der Waals surface area contributed by atoms with Gasteiger partial charge in [0.05, 0.1) is 0 Å². The van der Waals surface area contributed by atoms with Gasteiger partial charge in [-0.05, 0) is 24.6 Å². The molecular formula is C11H14BrNO2. The average Bonchev–Trinajstić information content (AvgIpc) is 2.24. The Labute approximate surface area is 97.9 Å². The second kappa shape index (κ2) is 6.58. The molecule has 0 heterocycles. The first kappa shape index (κ1) is 12.2. The van der Waals surface area contributed by atoms with Crippen LogP contribution in [0, 0.1) is 0 Å². The number of hydrogen-bond donors (Lipinski definition) is 1. The minimum absolute atomic E-state index is 0.0487. The Kier molecular flexibility index (Phi) is 5.36. The molecule has 0 aliphatic heterocycles. The number of amides is 1. The molecule has 1 aromatic carbocycles. The molecule has 0 aromatic heterocycles. The third kappa shape index (κ3) is 4.44. The van der Waals surface area contributed by atoms with Crippen molar-refractivity contribution in [3.8, 4) is 0 Å². The van der Waals surface area contributed by atoms with Crippen molar-refractivity contribution < 1.29 is 9.53 Å². The normalized spacial score (nSPS) is 10.0. The molecule has 0 fully saturated rings. The number of benzene rings is 1. The Bertz CT molecular complexity index is 328. The first-order valence-corrected chi connectivity index (χ1v) is 5.56. The number of nitrogens with one attached hydrogen (secondary N) is 1. The highest BCUT2D eigenvalue weighted by atomic mass is 79.9. The van der Waals surface area contributed by atoms with Gasteiger partial charge in [-0.15, -0.1) is 0 Å². The minimum atomic E-state index is -0.0487. The monoisotopic (exact) mass is 271 g/mol. The maximum atomic E-state index is 11.6. The van der Waals surface area contributed by atoms with Gasteiger partial charge in [-0.2, -0.15) is 0 Å². The summed E-state index contributed by atoms with van der Waals surface area (Å²) in [5.41, 5.74) is 0.668. The molecule has 1 rings (SSSR count). The molecule has 0 aliphatic rings. The molecule has 0 aliphatic carbocycles. The van der Waals surface area contributed by atoms with Crippen LogP contribution in [0.25, 0.3) is 0 Å². The molecule has 82 valence electrons. The van der Waals surface area contributed by atoms with E-state index in [1.807, 2.05) is 12.1 Å². The van der Waals surface area contributed by atoms with Gasteiger partial charge in [0.2, 0.25) is 0 Å². The third-order valence-electron chi connectivity index (χ3n) is 1.90. The first-order chi connectivity index (χ1) is 7.24. The minimum Gasteiger partial charge on any atom is -0.385 e. The number of carbonyl (C=O) groups excluding carboxylic acids is 1. The van der Waals surface area contributed by atoms with Gasteiger partial charge in [0, 0.05) is 30.3 Å². The predicted molar refractivity (Wildman–Crippen MR) is 63.0 cm³/mol. The lowest BCUT2D eigenvalue weighted by atomic mass is 10.2. The van der Waals surface area contributed by atoms with Gasteiger partial charge >= 0.3 is 0 Å². The molecule has 1 amide bonds. The maximum absolute atomic E-state index is 11.6. The molecule has 3 nitrogen and oxygen atoms in total. The molecule has 15 heavy (non-hydrogen) atoms. The molecule has 0 atom stereocenters. The second-order valence-electron chi connectivity index (χ2n) is 3.11. The zero-order chi connectivity index (χ0) is 11.1. The summed E-state index contributed by atoms with van der Waals surface area (Å²) in [7, 11) is 1.65. The summed E-state index contributed by atoms with van der Waals surface area (Å²) in [5.74, 6) is -0.0487. The van der Waals surface area contributed by atoms with E-state index in [2.05, 4.69) is 21.2 Å². The fourth-order valence-electron chi connectivity index (χ4n) is 1.15. The maximum Gasteiger partial charge on any atom is 0.251 e. The Balaban J connectivity index is 2.40. The molecule has 0 radical (unpaired) electrons. The Morgan fingerprint density at radius 3 is 3.00 bits per heavy atom. The van der Waals surface area contributed by atoms with Crippen molar-refractivity contribution in [2.24, 2.45) is 0 Å². The van der Waals surface area contributed by atoms with Crippen LogP contribution in [-0.4, -0.2) is 26.2 Å².